The molecule has 0 bridgehead atoms. The van der Waals surface area contributed by atoms with Crippen LogP contribution in [0.3, 0.4) is 0 Å². The average molecular weight is 195 g/mol. The Kier molecular flexibility index (Phi) is 4.31. The summed E-state index contributed by atoms with van der Waals surface area (Å²) < 4.78 is 5.14. The molecule has 0 unspecified atom stereocenters. The van der Waals surface area contributed by atoms with E-state index in [1.807, 2.05) is 39.0 Å². The first-order chi connectivity index (χ1) is 6.00. The summed E-state index contributed by atoms with van der Waals surface area (Å²) in [4.78, 5) is 11.4. The molecule has 0 fully saturated rings. The van der Waals surface area contributed by atoms with Crippen LogP contribution in [0.5, 0.6) is 5.75 Å². The van der Waals surface area contributed by atoms with Gasteiger partial charge in [-0.2, -0.15) is 0 Å². The molecule has 0 radical (unpaired) electrons. The monoisotopic (exact) mass is 195 g/mol. The molecule has 0 aliphatic heterocycles. The molecule has 0 saturated heterocycles. The van der Waals surface area contributed by atoms with Gasteiger partial charge in [0.2, 0.25) is 0 Å². The summed E-state index contributed by atoms with van der Waals surface area (Å²) in [6.07, 6.45) is 0. The molecule has 0 amide bonds. The Balaban J connectivity index is 0.00000169. The van der Waals surface area contributed by atoms with E-state index in [1.165, 1.54) is 0 Å². The number of hydrogen-bond donors (Lipinski definition) is 1. The predicted octanol–water partition coefficient (Wildman–Crippen LogP) is 2.80. The van der Waals surface area contributed by atoms with Gasteiger partial charge in [0, 0.05) is 0 Å². The zero-order chi connectivity index (χ0) is 9.90. The van der Waals surface area contributed by atoms with E-state index in [0.717, 1.165) is 0 Å². The van der Waals surface area contributed by atoms with Crippen LogP contribution in [0.25, 0.3) is 0 Å². The largest absolute Gasteiger partial charge is 0.426 e. The standard InChI is InChI=1S/C11H14O2.H3N/c1-11(2,3)10(12)13-9-7-5-4-6-8-9;/h4-8H,1-3H3;1H3. The Bertz CT molecular complexity index is 288. The van der Waals surface area contributed by atoms with Crippen molar-refractivity contribution >= 4 is 5.97 Å². The molecule has 1 rings (SSSR count). The van der Waals surface area contributed by atoms with Crippen LogP contribution >= 0.6 is 0 Å². The molecule has 1 aromatic carbocycles. The SMILES string of the molecule is CC(C)(C)C(=O)Oc1ccccc1.N. The van der Waals surface area contributed by atoms with Gasteiger partial charge in [0.05, 0.1) is 5.41 Å². The lowest BCUT2D eigenvalue weighted by atomic mass is 9.97. The number of ether oxygens (including phenoxy) is 1. The van der Waals surface area contributed by atoms with Crippen molar-refractivity contribution < 1.29 is 9.53 Å². The van der Waals surface area contributed by atoms with E-state index in [4.69, 9.17) is 4.74 Å². The highest BCUT2D eigenvalue weighted by Gasteiger charge is 2.23. The fourth-order valence-corrected chi connectivity index (χ4v) is 0.749. The van der Waals surface area contributed by atoms with Crippen molar-refractivity contribution in [2.45, 2.75) is 20.8 Å². The molecule has 3 N–H and O–H groups in total. The van der Waals surface area contributed by atoms with Gasteiger partial charge in [-0.1, -0.05) is 18.2 Å². The molecule has 78 valence electrons. The Morgan fingerprint density at radius 2 is 1.64 bits per heavy atom. The number of hydrogen-bond acceptors (Lipinski definition) is 3. The maximum absolute atomic E-state index is 11.4. The Hall–Kier alpha value is -1.35. The summed E-state index contributed by atoms with van der Waals surface area (Å²) in [5.41, 5.74) is -0.449. The van der Waals surface area contributed by atoms with E-state index in [9.17, 15) is 4.79 Å². The highest BCUT2D eigenvalue weighted by Crippen LogP contribution is 2.18. The second-order valence-corrected chi connectivity index (χ2v) is 3.95. The van der Waals surface area contributed by atoms with Crippen LogP contribution in [0.2, 0.25) is 0 Å². The van der Waals surface area contributed by atoms with Crippen molar-refractivity contribution in [1.82, 2.24) is 6.15 Å². The van der Waals surface area contributed by atoms with Crippen LogP contribution < -0.4 is 10.9 Å². The normalized spacial score (nSPS) is 10.2. The highest BCUT2D eigenvalue weighted by molar-refractivity contribution is 5.77. The summed E-state index contributed by atoms with van der Waals surface area (Å²) in [7, 11) is 0. The van der Waals surface area contributed by atoms with Gasteiger partial charge in [-0.15, -0.1) is 0 Å². The van der Waals surface area contributed by atoms with Gasteiger partial charge < -0.3 is 10.9 Å². The zero-order valence-electron chi connectivity index (χ0n) is 8.91. The third-order valence-corrected chi connectivity index (χ3v) is 1.57. The van der Waals surface area contributed by atoms with Crippen LogP contribution in [-0.4, -0.2) is 5.97 Å². The minimum absolute atomic E-state index is 0. The summed E-state index contributed by atoms with van der Waals surface area (Å²) in [5.74, 6) is 0.390. The van der Waals surface area contributed by atoms with Gasteiger partial charge in [0.15, 0.2) is 0 Å². The van der Waals surface area contributed by atoms with Gasteiger partial charge >= 0.3 is 5.97 Å². The van der Waals surface area contributed by atoms with Crippen molar-refractivity contribution in [2.75, 3.05) is 0 Å². The summed E-state index contributed by atoms with van der Waals surface area (Å²) in [6, 6.07) is 9.10. The smallest absolute Gasteiger partial charge is 0.316 e. The number of rotatable bonds is 1. The Morgan fingerprint density at radius 3 is 2.07 bits per heavy atom. The molecular formula is C11H17NO2. The Labute approximate surface area is 84.7 Å². The molecular weight excluding hydrogens is 178 g/mol. The topological polar surface area (TPSA) is 61.3 Å². The summed E-state index contributed by atoms with van der Waals surface area (Å²) in [6.45, 7) is 5.49. The number of para-hydroxylation sites is 1. The first kappa shape index (κ1) is 12.7. The number of carbonyl (C=O) groups excluding carboxylic acids is 1. The second kappa shape index (κ2) is 4.77. The van der Waals surface area contributed by atoms with E-state index in [0.29, 0.717) is 5.75 Å². The molecule has 0 aliphatic carbocycles. The van der Waals surface area contributed by atoms with Crippen LogP contribution in [0, 0.1) is 5.41 Å². The first-order valence-electron chi connectivity index (χ1n) is 4.27. The molecule has 0 aromatic heterocycles. The first-order valence-corrected chi connectivity index (χ1v) is 4.27. The minimum Gasteiger partial charge on any atom is -0.426 e. The lowest BCUT2D eigenvalue weighted by molar-refractivity contribution is -0.142. The van der Waals surface area contributed by atoms with Gasteiger partial charge in [-0.25, -0.2) is 0 Å². The second-order valence-electron chi connectivity index (χ2n) is 3.95. The minimum atomic E-state index is -0.449. The maximum atomic E-state index is 11.4. The van der Waals surface area contributed by atoms with Crippen molar-refractivity contribution in [3.05, 3.63) is 30.3 Å². The van der Waals surface area contributed by atoms with E-state index in [2.05, 4.69) is 0 Å². The summed E-state index contributed by atoms with van der Waals surface area (Å²) in [5, 5.41) is 0. The number of carbonyl (C=O) groups is 1. The van der Waals surface area contributed by atoms with E-state index in [1.54, 1.807) is 12.1 Å². The third-order valence-electron chi connectivity index (χ3n) is 1.57. The summed E-state index contributed by atoms with van der Waals surface area (Å²) >= 11 is 0. The van der Waals surface area contributed by atoms with Crippen LogP contribution in [0.1, 0.15) is 20.8 Å². The lowest BCUT2D eigenvalue weighted by Crippen LogP contribution is -2.25. The van der Waals surface area contributed by atoms with Crippen molar-refractivity contribution in [2.24, 2.45) is 5.41 Å². The van der Waals surface area contributed by atoms with Crippen LogP contribution in [0.4, 0.5) is 0 Å². The van der Waals surface area contributed by atoms with Crippen LogP contribution in [-0.2, 0) is 4.79 Å². The van der Waals surface area contributed by atoms with E-state index in [-0.39, 0.29) is 12.1 Å². The molecule has 0 heterocycles. The van der Waals surface area contributed by atoms with Crippen LogP contribution in [0.15, 0.2) is 30.3 Å². The molecule has 14 heavy (non-hydrogen) atoms. The number of benzene rings is 1. The van der Waals surface area contributed by atoms with E-state index >= 15 is 0 Å². The maximum Gasteiger partial charge on any atom is 0.316 e. The average Bonchev–Trinajstić information content (AvgIpc) is 2.04. The third kappa shape index (κ3) is 3.58. The quantitative estimate of drug-likeness (QED) is 0.553. The van der Waals surface area contributed by atoms with Gasteiger partial charge in [0.1, 0.15) is 5.75 Å². The molecule has 1 aromatic rings. The molecule has 0 spiro atoms. The van der Waals surface area contributed by atoms with Gasteiger partial charge in [-0.05, 0) is 32.9 Å². The highest BCUT2D eigenvalue weighted by atomic mass is 16.5. The lowest BCUT2D eigenvalue weighted by Gasteiger charge is -2.15. The zero-order valence-corrected chi connectivity index (χ0v) is 8.91. The van der Waals surface area contributed by atoms with Crippen molar-refractivity contribution in [3.8, 4) is 5.75 Å². The molecule has 0 aliphatic rings. The predicted molar refractivity (Wildman–Crippen MR) is 56.6 cm³/mol. The Morgan fingerprint density at radius 1 is 1.14 bits per heavy atom. The molecule has 3 heteroatoms. The van der Waals surface area contributed by atoms with Crippen molar-refractivity contribution in [1.29, 1.82) is 0 Å². The fourth-order valence-electron chi connectivity index (χ4n) is 0.749. The fraction of sp³-hybridized carbons (Fsp3) is 0.364. The molecule has 0 atom stereocenters. The van der Waals surface area contributed by atoms with E-state index < -0.39 is 5.41 Å². The molecule has 3 nitrogen and oxygen atoms in total. The van der Waals surface area contributed by atoms with Gasteiger partial charge in [-0.3, -0.25) is 4.79 Å². The van der Waals surface area contributed by atoms with Crippen molar-refractivity contribution in [3.63, 3.8) is 0 Å². The number of esters is 1. The van der Waals surface area contributed by atoms with Gasteiger partial charge in [0.25, 0.3) is 0 Å². The molecule has 0 saturated carbocycles.